The maximum atomic E-state index is 12.3. The molecule has 1 aliphatic rings. The van der Waals surface area contributed by atoms with Crippen molar-refractivity contribution in [3.05, 3.63) is 28.8 Å². The molecule has 1 saturated heterocycles. The maximum absolute atomic E-state index is 12.3. The summed E-state index contributed by atoms with van der Waals surface area (Å²) in [6.45, 7) is 2.77. The third kappa shape index (κ3) is 5.96. The van der Waals surface area contributed by atoms with Gasteiger partial charge in [0.15, 0.2) is 0 Å². The summed E-state index contributed by atoms with van der Waals surface area (Å²) in [5.41, 5.74) is 0.549. The van der Waals surface area contributed by atoms with Crippen molar-refractivity contribution in [2.45, 2.75) is 44.8 Å². The fourth-order valence-electron chi connectivity index (χ4n) is 2.63. The minimum Gasteiger partial charge on any atom is -0.378 e. The quantitative estimate of drug-likeness (QED) is 0.768. The zero-order valence-corrected chi connectivity index (χ0v) is 15.4. The molecule has 0 aliphatic carbocycles. The predicted octanol–water partition coefficient (Wildman–Crippen LogP) is 2.79. The lowest BCUT2D eigenvalue weighted by molar-refractivity contribution is 0.0899. The van der Waals surface area contributed by atoms with Crippen molar-refractivity contribution < 1.29 is 17.9 Å². The van der Waals surface area contributed by atoms with E-state index in [4.69, 9.17) is 16.3 Å². The van der Waals surface area contributed by atoms with Crippen molar-refractivity contribution in [1.82, 2.24) is 5.32 Å². The van der Waals surface area contributed by atoms with Gasteiger partial charge in [-0.1, -0.05) is 11.6 Å². The van der Waals surface area contributed by atoms with E-state index in [-0.39, 0.29) is 22.7 Å². The average Bonchev–Trinajstić information content (AvgIpc) is 2.99. The van der Waals surface area contributed by atoms with Crippen molar-refractivity contribution in [3.63, 3.8) is 0 Å². The standard InChI is InChI=1S/C16H23ClN2O4S/c1-11(5-7-13-4-3-9-23-13)18-16(20)12-6-8-14(17)15(10-12)19-24(2,21)22/h6,8,10-11,13,19H,3-5,7,9H2,1-2H3,(H,18,20)/t11-,13+/m1/s1. The van der Waals surface area contributed by atoms with Gasteiger partial charge >= 0.3 is 0 Å². The summed E-state index contributed by atoms with van der Waals surface area (Å²) < 4.78 is 30.6. The number of amides is 1. The fourth-order valence-corrected chi connectivity index (χ4v) is 3.42. The molecular formula is C16H23ClN2O4S. The zero-order chi connectivity index (χ0) is 17.7. The van der Waals surface area contributed by atoms with Gasteiger partial charge < -0.3 is 10.1 Å². The van der Waals surface area contributed by atoms with Crippen LogP contribution in [0, 0.1) is 0 Å². The van der Waals surface area contributed by atoms with Crippen LogP contribution >= 0.6 is 11.6 Å². The number of hydrogen-bond acceptors (Lipinski definition) is 4. The Morgan fingerprint density at radius 3 is 2.83 bits per heavy atom. The smallest absolute Gasteiger partial charge is 0.251 e. The molecule has 2 atom stereocenters. The molecule has 0 radical (unpaired) electrons. The number of benzene rings is 1. The highest BCUT2D eigenvalue weighted by Gasteiger charge is 2.18. The molecule has 2 N–H and O–H groups in total. The molecule has 2 rings (SSSR count). The van der Waals surface area contributed by atoms with Crippen molar-refractivity contribution in [1.29, 1.82) is 0 Å². The monoisotopic (exact) mass is 374 g/mol. The van der Waals surface area contributed by atoms with E-state index in [1.165, 1.54) is 12.1 Å². The van der Waals surface area contributed by atoms with E-state index in [1.807, 2.05) is 6.92 Å². The summed E-state index contributed by atoms with van der Waals surface area (Å²) in [5, 5.41) is 3.15. The van der Waals surface area contributed by atoms with E-state index in [1.54, 1.807) is 6.07 Å². The second kappa shape index (κ2) is 8.18. The van der Waals surface area contributed by atoms with E-state index >= 15 is 0 Å². The molecule has 1 amide bonds. The summed E-state index contributed by atoms with van der Waals surface area (Å²) in [7, 11) is -3.46. The number of ether oxygens (including phenoxy) is 1. The third-order valence-corrected chi connectivity index (χ3v) is 4.77. The minimum absolute atomic E-state index is 0.00342. The second-order valence-electron chi connectivity index (χ2n) is 6.16. The van der Waals surface area contributed by atoms with E-state index in [2.05, 4.69) is 10.0 Å². The Labute approximate surface area is 148 Å². The molecule has 0 aromatic heterocycles. The largest absolute Gasteiger partial charge is 0.378 e. The molecule has 1 heterocycles. The molecule has 134 valence electrons. The summed E-state index contributed by atoms with van der Waals surface area (Å²) >= 11 is 5.96. The first-order valence-corrected chi connectivity index (χ1v) is 10.2. The zero-order valence-electron chi connectivity index (χ0n) is 13.8. The van der Waals surface area contributed by atoms with Crippen LogP contribution in [0.5, 0.6) is 0 Å². The fraction of sp³-hybridized carbons (Fsp3) is 0.562. The average molecular weight is 375 g/mol. The van der Waals surface area contributed by atoms with Crippen molar-refractivity contribution >= 4 is 33.2 Å². The van der Waals surface area contributed by atoms with Gasteiger partial charge in [0, 0.05) is 18.2 Å². The normalized spacial score (nSPS) is 19.0. The van der Waals surface area contributed by atoms with E-state index in [0.29, 0.717) is 11.7 Å². The van der Waals surface area contributed by atoms with Crippen LogP contribution < -0.4 is 10.0 Å². The molecule has 24 heavy (non-hydrogen) atoms. The Hall–Kier alpha value is -1.31. The number of nitrogens with one attached hydrogen (secondary N) is 2. The van der Waals surface area contributed by atoms with Crippen LogP contribution in [0.2, 0.25) is 5.02 Å². The maximum Gasteiger partial charge on any atom is 0.251 e. The summed E-state index contributed by atoms with van der Waals surface area (Å²) in [5.74, 6) is -0.261. The Morgan fingerprint density at radius 1 is 1.46 bits per heavy atom. The third-order valence-electron chi connectivity index (χ3n) is 3.85. The van der Waals surface area contributed by atoms with Crippen molar-refractivity contribution in [2.24, 2.45) is 0 Å². The first kappa shape index (κ1) is 19.0. The lowest BCUT2D eigenvalue weighted by atomic mass is 10.1. The van der Waals surface area contributed by atoms with Crippen LogP contribution in [0.4, 0.5) is 5.69 Å². The lowest BCUT2D eigenvalue weighted by Crippen LogP contribution is -2.33. The molecular weight excluding hydrogens is 352 g/mol. The lowest BCUT2D eigenvalue weighted by Gasteiger charge is -2.17. The summed E-state index contributed by atoms with van der Waals surface area (Å²) in [6.07, 6.45) is 5.26. The van der Waals surface area contributed by atoms with Gasteiger partial charge in [-0.2, -0.15) is 0 Å². The van der Waals surface area contributed by atoms with Gasteiger partial charge in [-0.15, -0.1) is 0 Å². The Balaban J connectivity index is 1.94. The molecule has 0 saturated carbocycles. The van der Waals surface area contributed by atoms with Crippen LogP contribution in [0.25, 0.3) is 0 Å². The van der Waals surface area contributed by atoms with Gasteiger partial charge in [0.2, 0.25) is 10.0 Å². The number of anilines is 1. The molecule has 0 spiro atoms. The van der Waals surface area contributed by atoms with E-state index in [9.17, 15) is 13.2 Å². The Morgan fingerprint density at radius 2 is 2.21 bits per heavy atom. The van der Waals surface area contributed by atoms with Gasteiger partial charge in [0.05, 0.1) is 23.1 Å². The Bertz CT molecular complexity index is 687. The van der Waals surface area contributed by atoms with Crippen LogP contribution in [-0.2, 0) is 14.8 Å². The number of hydrogen-bond donors (Lipinski definition) is 2. The van der Waals surface area contributed by atoms with Gasteiger partial charge in [-0.05, 0) is 50.8 Å². The number of carbonyl (C=O) groups is 1. The van der Waals surface area contributed by atoms with Gasteiger partial charge in [-0.25, -0.2) is 8.42 Å². The molecule has 0 bridgehead atoms. The molecule has 1 aliphatic heterocycles. The first-order chi connectivity index (χ1) is 11.2. The minimum atomic E-state index is -3.46. The highest BCUT2D eigenvalue weighted by molar-refractivity contribution is 7.92. The molecule has 8 heteroatoms. The summed E-state index contributed by atoms with van der Waals surface area (Å²) in [4.78, 5) is 12.3. The predicted molar refractivity (Wildman–Crippen MR) is 95.1 cm³/mol. The number of rotatable bonds is 7. The second-order valence-corrected chi connectivity index (χ2v) is 8.31. The number of carbonyl (C=O) groups excluding carboxylic acids is 1. The Kier molecular flexibility index (Phi) is 6.48. The van der Waals surface area contributed by atoms with E-state index < -0.39 is 10.0 Å². The first-order valence-electron chi connectivity index (χ1n) is 7.94. The SMILES string of the molecule is C[C@H](CC[C@@H]1CCCO1)NC(=O)c1ccc(Cl)c(NS(C)(=O)=O)c1. The molecule has 1 fully saturated rings. The van der Waals surface area contributed by atoms with Crippen LogP contribution in [0.3, 0.4) is 0 Å². The van der Waals surface area contributed by atoms with Crippen LogP contribution in [0.15, 0.2) is 18.2 Å². The highest BCUT2D eigenvalue weighted by atomic mass is 35.5. The van der Waals surface area contributed by atoms with Gasteiger partial charge in [0.1, 0.15) is 0 Å². The van der Waals surface area contributed by atoms with Gasteiger partial charge in [0.25, 0.3) is 5.91 Å². The van der Waals surface area contributed by atoms with Gasteiger partial charge in [-0.3, -0.25) is 9.52 Å². The highest BCUT2D eigenvalue weighted by Crippen LogP contribution is 2.24. The topological polar surface area (TPSA) is 84.5 Å². The molecule has 0 unspecified atom stereocenters. The summed E-state index contributed by atoms with van der Waals surface area (Å²) in [6, 6.07) is 4.51. The van der Waals surface area contributed by atoms with Crippen LogP contribution in [-0.4, -0.2) is 39.3 Å². The molecule has 1 aromatic carbocycles. The van der Waals surface area contributed by atoms with E-state index in [0.717, 1.165) is 38.5 Å². The van der Waals surface area contributed by atoms with Crippen molar-refractivity contribution in [2.75, 3.05) is 17.6 Å². The van der Waals surface area contributed by atoms with Crippen LogP contribution in [0.1, 0.15) is 43.0 Å². The number of halogens is 1. The molecule has 1 aromatic rings. The van der Waals surface area contributed by atoms with Crippen molar-refractivity contribution in [3.8, 4) is 0 Å². The number of sulfonamides is 1. The molecule has 6 nitrogen and oxygen atoms in total.